The second-order valence-electron chi connectivity index (χ2n) is 7.30. The van der Waals surface area contributed by atoms with Gasteiger partial charge in [0.05, 0.1) is 0 Å². The molecule has 2 nitrogen and oxygen atoms in total. The maximum Gasteiger partial charge on any atom is 1.00 e. The van der Waals surface area contributed by atoms with Gasteiger partial charge in [-0.1, -0.05) is 43.7 Å². The Bertz CT molecular complexity index is 512. The number of aryl methyl sites for hydroxylation is 1. The van der Waals surface area contributed by atoms with E-state index in [4.69, 9.17) is 4.74 Å². The molecule has 0 aliphatic carbocycles. The van der Waals surface area contributed by atoms with Crippen LogP contribution in [-0.2, 0) is 11.2 Å². The second-order valence-corrected chi connectivity index (χ2v) is 11.2. The molecule has 142 valence electrons. The van der Waals surface area contributed by atoms with E-state index in [1.54, 1.807) is 0 Å². The van der Waals surface area contributed by atoms with Crippen LogP contribution in [0.2, 0.25) is 0 Å². The molecule has 0 radical (unpaired) electrons. The Morgan fingerprint density at radius 1 is 0.846 bits per heavy atom. The molecule has 0 aromatic heterocycles. The van der Waals surface area contributed by atoms with Crippen LogP contribution < -0.4 is 56.5 Å². The Morgan fingerprint density at radius 2 is 1.42 bits per heavy atom. The Kier molecular flexibility index (Phi) is 17.1. The molecule has 26 heavy (non-hydrogen) atoms. The summed E-state index contributed by atoms with van der Waals surface area (Å²) in [5.41, 5.74) is 2.55. The van der Waals surface area contributed by atoms with Gasteiger partial charge in [-0.15, -0.1) is 6.61 Å². The van der Waals surface area contributed by atoms with Crippen LogP contribution in [0, 0.1) is 11.2 Å². The Morgan fingerprint density at radius 3 is 2.04 bits per heavy atom. The van der Waals surface area contributed by atoms with Gasteiger partial charge in [0.2, 0.25) is 0 Å². The van der Waals surface area contributed by atoms with E-state index in [0.29, 0.717) is 13.0 Å². The summed E-state index contributed by atoms with van der Waals surface area (Å²) in [4.78, 5) is 0. The van der Waals surface area contributed by atoms with Crippen molar-refractivity contribution >= 4 is 10.0 Å². The van der Waals surface area contributed by atoms with Gasteiger partial charge in [0.15, 0.2) is 0 Å². The summed E-state index contributed by atoms with van der Waals surface area (Å²) in [7, 11) is -0.747. The van der Waals surface area contributed by atoms with E-state index in [9.17, 15) is 5.11 Å². The van der Waals surface area contributed by atoms with Crippen LogP contribution in [0.4, 0.5) is 0 Å². The van der Waals surface area contributed by atoms with Gasteiger partial charge in [-0.05, 0) is 67.4 Å². The fourth-order valence-corrected chi connectivity index (χ4v) is 2.89. The minimum Gasteiger partial charge on any atom is -0.854 e. The summed E-state index contributed by atoms with van der Waals surface area (Å²) in [6, 6.07) is 8.75. The Balaban J connectivity index is 0.00000625. The maximum absolute atomic E-state index is 10.3. The fourth-order valence-electron chi connectivity index (χ4n) is 2.47. The number of hydrogen-bond acceptors (Lipinski definition) is 2. The van der Waals surface area contributed by atoms with Gasteiger partial charge in [-0.3, -0.25) is 0 Å². The van der Waals surface area contributed by atoms with Crippen molar-refractivity contribution in [3.05, 3.63) is 35.4 Å². The van der Waals surface area contributed by atoms with Crippen molar-refractivity contribution in [2.45, 2.75) is 51.4 Å². The molecule has 0 unspecified atom stereocenters. The first-order valence-corrected chi connectivity index (χ1v) is 12.3. The third-order valence-corrected chi connectivity index (χ3v) is 4.61. The van der Waals surface area contributed by atoms with E-state index in [-0.39, 0.29) is 58.0 Å². The predicted molar refractivity (Wildman–Crippen MR) is 110 cm³/mol. The first-order chi connectivity index (χ1) is 12.0. The molecule has 0 saturated heterocycles. The minimum absolute atomic E-state index is 0. The topological polar surface area (TPSA) is 32.3 Å². The molecule has 0 aliphatic heterocycles. The monoisotopic (exact) mass is 402 g/mol. The van der Waals surface area contributed by atoms with Gasteiger partial charge in [-0.25, -0.2) is 0 Å². The number of benzene rings is 1. The SMILES string of the molecule is CS(C)(C)C#Cc1ccc(CCCCCCCCOCCC[O-])cc1.[K+]. The Labute approximate surface area is 205 Å². The molecule has 1 aromatic rings. The molecule has 1 aromatic carbocycles. The van der Waals surface area contributed by atoms with E-state index in [1.807, 2.05) is 0 Å². The van der Waals surface area contributed by atoms with Gasteiger partial charge < -0.3 is 9.84 Å². The molecule has 0 atom stereocenters. The Hall–Kier alpha value is 0.686. The van der Waals surface area contributed by atoms with Crippen molar-refractivity contribution in [1.82, 2.24) is 0 Å². The molecule has 0 bridgehead atoms. The van der Waals surface area contributed by atoms with Crippen molar-refractivity contribution in [3.63, 3.8) is 0 Å². The van der Waals surface area contributed by atoms with E-state index < -0.39 is 10.0 Å². The minimum atomic E-state index is -0.747. The summed E-state index contributed by atoms with van der Waals surface area (Å²) >= 11 is 0. The first-order valence-electron chi connectivity index (χ1n) is 9.47. The summed E-state index contributed by atoms with van der Waals surface area (Å²) in [5.74, 6) is 3.29. The average molecular weight is 403 g/mol. The fraction of sp³-hybridized carbons (Fsp3) is 0.636. The summed E-state index contributed by atoms with van der Waals surface area (Å²) in [5, 5.41) is 13.6. The third kappa shape index (κ3) is 15.7. The van der Waals surface area contributed by atoms with Crippen molar-refractivity contribution in [3.8, 4) is 11.2 Å². The average Bonchev–Trinajstić information content (AvgIpc) is 2.58. The standard InChI is InChI=1S/C22H35O2S.K/c1-25(2,3)20-16-22-14-12-21(13-15-22)11-8-6-4-5-7-9-18-24-19-10-17-23;/h12-15H,4-11,17-19H2,1-3H3;/q-1;+1. The predicted octanol–water partition coefficient (Wildman–Crippen LogP) is 1.34. The largest absolute Gasteiger partial charge is 1.00 e. The van der Waals surface area contributed by atoms with E-state index in [0.717, 1.165) is 25.0 Å². The molecule has 0 amide bonds. The van der Waals surface area contributed by atoms with Crippen LogP contribution in [0.3, 0.4) is 0 Å². The first kappa shape index (κ1) is 26.7. The van der Waals surface area contributed by atoms with Crippen LogP contribution in [0.15, 0.2) is 24.3 Å². The molecule has 0 N–H and O–H groups in total. The number of unbranched alkanes of at least 4 members (excludes halogenated alkanes) is 5. The molecule has 1 rings (SSSR count). The van der Waals surface area contributed by atoms with Gasteiger partial charge in [0.25, 0.3) is 0 Å². The van der Waals surface area contributed by atoms with Crippen LogP contribution >= 0.6 is 10.0 Å². The number of hydrogen-bond donors (Lipinski definition) is 0. The normalized spacial score (nSPS) is 11.4. The molecule has 0 fully saturated rings. The van der Waals surface area contributed by atoms with Crippen molar-refractivity contribution < 1.29 is 61.2 Å². The molecule has 0 saturated carbocycles. The van der Waals surface area contributed by atoms with Crippen LogP contribution in [0.1, 0.15) is 56.1 Å². The van der Waals surface area contributed by atoms with Gasteiger partial charge in [0.1, 0.15) is 0 Å². The summed E-state index contributed by atoms with van der Waals surface area (Å²) < 4.78 is 5.40. The van der Waals surface area contributed by atoms with E-state index in [2.05, 4.69) is 54.2 Å². The molecule has 0 aliphatic rings. The third-order valence-electron chi connectivity index (χ3n) is 3.89. The van der Waals surface area contributed by atoms with Gasteiger partial charge in [0, 0.05) is 18.8 Å². The zero-order chi connectivity index (χ0) is 18.4. The maximum atomic E-state index is 10.3. The smallest absolute Gasteiger partial charge is 0.854 e. The van der Waals surface area contributed by atoms with Crippen LogP contribution in [-0.4, -0.2) is 38.6 Å². The van der Waals surface area contributed by atoms with Crippen molar-refractivity contribution in [1.29, 1.82) is 0 Å². The van der Waals surface area contributed by atoms with Gasteiger partial charge >= 0.3 is 51.4 Å². The number of ether oxygens (including phenoxy) is 1. The molecule has 0 heterocycles. The van der Waals surface area contributed by atoms with E-state index in [1.165, 1.54) is 37.7 Å². The molecule has 0 spiro atoms. The molecular formula is C22H35KO2S. The van der Waals surface area contributed by atoms with Crippen molar-refractivity contribution in [2.24, 2.45) is 0 Å². The molecular weight excluding hydrogens is 367 g/mol. The quantitative estimate of drug-likeness (QED) is 0.300. The van der Waals surface area contributed by atoms with E-state index >= 15 is 0 Å². The van der Waals surface area contributed by atoms with Crippen molar-refractivity contribution in [2.75, 3.05) is 38.6 Å². The number of rotatable bonds is 12. The van der Waals surface area contributed by atoms with Crippen LogP contribution in [0.5, 0.6) is 0 Å². The summed E-state index contributed by atoms with van der Waals surface area (Å²) in [6.07, 6.45) is 16.0. The molecule has 4 heteroatoms. The zero-order valence-electron chi connectivity index (χ0n) is 17.3. The van der Waals surface area contributed by atoms with Gasteiger partial charge in [-0.2, -0.15) is 10.0 Å². The zero-order valence-corrected chi connectivity index (χ0v) is 21.3. The van der Waals surface area contributed by atoms with Crippen LogP contribution in [0.25, 0.3) is 0 Å². The summed E-state index contributed by atoms with van der Waals surface area (Å²) in [6.45, 7) is 1.42. The second kappa shape index (κ2) is 16.6.